The van der Waals surface area contributed by atoms with Crippen LogP contribution in [-0.2, 0) is 11.8 Å². The van der Waals surface area contributed by atoms with Gasteiger partial charge < -0.3 is 19.3 Å². The fourth-order valence-corrected chi connectivity index (χ4v) is 3.89. The Labute approximate surface area is 145 Å². The van der Waals surface area contributed by atoms with Crippen LogP contribution in [-0.4, -0.2) is 76.9 Å². The molecule has 7 heteroatoms. The molecular weight excluding hydrogens is 325 g/mol. The molecule has 2 atom stereocenters. The van der Waals surface area contributed by atoms with Crippen LogP contribution in [0.5, 0.6) is 0 Å². The van der Waals surface area contributed by atoms with Crippen molar-refractivity contribution < 1.29 is 19.0 Å². The first-order valence-corrected chi connectivity index (χ1v) is 8.59. The number of nitrogens with zero attached hydrogens (tertiary/aromatic N) is 3. The largest absolute Gasteiger partial charge is 0.390 e. The maximum absolute atomic E-state index is 13.4. The van der Waals surface area contributed by atoms with E-state index in [9.17, 15) is 14.3 Å². The lowest BCUT2D eigenvalue weighted by Crippen LogP contribution is -2.49. The Morgan fingerprint density at radius 1 is 1.24 bits per heavy atom. The number of hydrogen-bond donors (Lipinski definition) is 1. The van der Waals surface area contributed by atoms with Crippen LogP contribution in [0.4, 0.5) is 4.39 Å². The van der Waals surface area contributed by atoms with Crippen LogP contribution in [0.25, 0.3) is 10.9 Å². The number of β-amino-alcohol motifs (C(OH)–C–C–N with tert-alkyl or cyclic N) is 1. The Kier molecular flexibility index (Phi) is 4.23. The molecule has 2 aliphatic heterocycles. The zero-order chi connectivity index (χ0) is 17.6. The number of hydrogen-bond acceptors (Lipinski definition) is 4. The van der Waals surface area contributed by atoms with Gasteiger partial charge in [0.1, 0.15) is 11.5 Å². The summed E-state index contributed by atoms with van der Waals surface area (Å²) in [5, 5.41) is 11.1. The van der Waals surface area contributed by atoms with Gasteiger partial charge in [0.2, 0.25) is 0 Å². The highest BCUT2D eigenvalue weighted by atomic mass is 19.1. The first kappa shape index (κ1) is 16.5. The predicted molar refractivity (Wildman–Crippen MR) is 91.0 cm³/mol. The molecule has 134 valence electrons. The molecule has 6 nitrogen and oxygen atoms in total. The van der Waals surface area contributed by atoms with Crippen molar-refractivity contribution in [3.63, 3.8) is 0 Å². The number of carbonyl (C=O) groups is 1. The van der Waals surface area contributed by atoms with Crippen molar-refractivity contribution in [3.05, 3.63) is 35.8 Å². The average Bonchev–Trinajstić information content (AvgIpc) is 3.15. The highest BCUT2D eigenvalue weighted by Crippen LogP contribution is 2.24. The molecule has 2 fully saturated rings. The Hall–Kier alpha value is -1.96. The summed E-state index contributed by atoms with van der Waals surface area (Å²) in [4.78, 5) is 16.8. The number of fused-ring (bicyclic) bond motifs is 1. The third-order valence-corrected chi connectivity index (χ3v) is 5.28. The molecule has 0 bridgehead atoms. The lowest BCUT2D eigenvalue weighted by molar-refractivity contribution is -0.00611. The van der Waals surface area contributed by atoms with Crippen molar-refractivity contribution >= 4 is 16.8 Å². The third-order valence-electron chi connectivity index (χ3n) is 5.28. The number of aliphatic hydroxyl groups is 1. The first-order chi connectivity index (χ1) is 12.0. The number of benzene rings is 1. The molecule has 1 aromatic carbocycles. The minimum atomic E-state index is -0.561. The van der Waals surface area contributed by atoms with Gasteiger partial charge in [-0.3, -0.25) is 9.69 Å². The van der Waals surface area contributed by atoms with Crippen molar-refractivity contribution in [2.75, 3.05) is 39.4 Å². The Balaban J connectivity index is 1.56. The predicted octanol–water partition coefficient (Wildman–Crippen LogP) is 0.835. The monoisotopic (exact) mass is 347 g/mol. The van der Waals surface area contributed by atoms with Crippen LogP contribution in [0.2, 0.25) is 0 Å². The number of likely N-dealkylation sites (tertiary alicyclic amines) is 1. The SMILES string of the molecule is Cn1c(C(=O)N2C[C@@H](O)[C@H](N3CCOCC3)C2)cc2cc(F)ccc21. The fourth-order valence-electron chi connectivity index (χ4n) is 3.89. The summed E-state index contributed by atoms with van der Waals surface area (Å²) >= 11 is 0. The van der Waals surface area contributed by atoms with E-state index in [2.05, 4.69) is 4.90 Å². The van der Waals surface area contributed by atoms with Gasteiger partial charge in [-0.25, -0.2) is 4.39 Å². The van der Waals surface area contributed by atoms with Crippen LogP contribution < -0.4 is 0 Å². The lowest BCUT2D eigenvalue weighted by atomic mass is 10.1. The molecule has 0 unspecified atom stereocenters. The number of amides is 1. The van der Waals surface area contributed by atoms with Crippen LogP contribution in [0.3, 0.4) is 0 Å². The second kappa shape index (κ2) is 6.40. The molecule has 2 saturated heterocycles. The zero-order valence-corrected chi connectivity index (χ0v) is 14.2. The molecule has 0 saturated carbocycles. The van der Waals surface area contributed by atoms with Gasteiger partial charge in [-0.1, -0.05) is 0 Å². The topological polar surface area (TPSA) is 57.9 Å². The first-order valence-electron chi connectivity index (χ1n) is 8.59. The van der Waals surface area contributed by atoms with Crippen LogP contribution in [0.1, 0.15) is 10.5 Å². The Morgan fingerprint density at radius 3 is 2.76 bits per heavy atom. The van der Waals surface area contributed by atoms with Gasteiger partial charge in [0.15, 0.2) is 0 Å². The molecule has 4 rings (SSSR count). The molecular formula is C18H22FN3O3. The van der Waals surface area contributed by atoms with Crippen molar-refractivity contribution in [2.45, 2.75) is 12.1 Å². The summed E-state index contributed by atoms with van der Waals surface area (Å²) in [7, 11) is 1.80. The second-order valence-electron chi connectivity index (χ2n) is 6.78. The van der Waals surface area contributed by atoms with Gasteiger partial charge >= 0.3 is 0 Å². The smallest absolute Gasteiger partial charge is 0.270 e. The van der Waals surface area contributed by atoms with E-state index in [0.717, 1.165) is 18.6 Å². The van der Waals surface area contributed by atoms with E-state index < -0.39 is 6.10 Å². The summed E-state index contributed by atoms with van der Waals surface area (Å²) < 4.78 is 20.6. The molecule has 1 aromatic heterocycles. The number of carbonyl (C=O) groups excluding carboxylic acids is 1. The van der Waals surface area contributed by atoms with Crippen LogP contribution >= 0.6 is 0 Å². The molecule has 2 aromatic rings. The van der Waals surface area contributed by atoms with E-state index in [0.29, 0.717) is 37.4 Å². The summed E-state index contributed by atoms with van der Waals surface area (Å²) in [6, 6.07) is 6.16. The van der Waals surface area contributed by atoms with Gasteiger partial charge in [-0.15, -0.1) is 0 Å². The number of aromatic nitrogens is 1. The highest BCUT2D eigenvalue weighted by molar-refractivity contribution is 5.99. The molecule has 0 spiro atoms. The summed E-state index contributed by atoms with van der Waals surface area (Å²) in [6.07, 6.45) is -0.561. The van der Waals surface area contributed by atoms with Crippen molar-refractivity contribution in [1.29, 1.82) is 0 Å². The molecule has 1 amide bonds. The fraction of sp³-hybridized carbons (Fsp3) is 0.500. The number of aryl methyl sites for hydroxylation is 1. The normalized spacial score (nSPS) is 25.0. The van der Waals surface area contributed by atoms with E-state index in [1.165, 1.54) is 12.1 Å². The van der Waals surface area contributed by atoms with Crippen LogP contribution in [0, 0.1) is 5.82 Å². The summed E-state index contributed by atoms with van der Waals surface area (Å²) in [5.74, 6) is -0.449. The van der Waals surface area contributed by atoms with Crippen LogP contribution in [0.15, 0.2) is 24.3 Å². The molecule has 2 aliphatic rings. The van der Waals surface area contributed by atoms with Gasteiger partial charge in [-0.05, 0) is 24.3 Å². The molecule has 1 N–H and O–H groups in total. The van der Waals surface area contributed by atoms with Crippen molar-refractivity contribution in [3.8, 4) is 0 Å². The minimum Gasteiger partial charge on any atom is -0.390 e. The van der Waals surface area contributed by atoms with Crippen molar-refractivity contribution in [2.24, 2.45) is 7.05 Å². The molecule has 3 heterocycles. The van der Waals surface area contributed by atoms with E-state index >= 15 is 0 Å². The van der Waals surface area contributed by atoms with Gasteiger partial charge in [0.25, 0.3) is 5.91 Å². The van der Waals surface area contributed by atoms with Crippen molar-refractivity contribution in [1.82, 2.24) is 14.4 Å². The number of morpholine rings is 1. The zero-order valence-electron chi connectivity index (χ0n) is 14.2. The van der Waals surface area contributed by atoms with Gasteiger partial charge in [0, 0.05) is 44.1 Å². The summed E-state index contributed by atoms with van der Waals surface area (Å²) in [5.41, 5.74) is 1.32. The lowest BCUT2D eigenvalue weighted by Gasteiger charge is -2.33. The minimum absolute atomic E-state index is 0.0556. The van der Waals surface area contributed by atoms with E-state index in [-0.39, 0.29) is 17.8 Å². The molecule has 0 radical (unpaired) electrons. The van der Waals surface area contributed by atoms with E-state index in [1.807, 2.05) is 0 Å². The Bertz CT molecular complexity index is 800. The Morgan fingerprint density at radius 2 is 2.00 bits per heavy atom. The van der Waals surface area contributed by atoms with E-state index in [4.69, 9.17) is 4.74 Å². The number of ether oxygens (including phenoxy) is 1. The van der Waals surface area contributed by atoms with Gasteiger partial charge in [-0.2, -0.15) is 0 Å². The second-order valence-corrected chi connectivity index (χ2v) is 6.78. The number of aliphatic hydroxyl groups excluding tert-OH is 1. The molecule has 25 heavy (non-hydrogen) atoms. The van der Waals surface area contributed by atoms with E-state index in [1.54, 1.807) is 28.6 Å². The van der Waals surface area contributed by atoms with Gasteiger partial charge in [0.05, 0.1) is 25.4 Å². The standard InChI is InChI=1S/C18H22FN3O3/c1-20-14-3-2-13(19)8-12(14)9-15(20)18(24)22-10-16(17(23)11-22)21-4-6-25-7-5-21/h2-3,8-9,16-17,23H,4-7,10-11H2,1H3/t16-,17-/m1/s1. The highest BCUT2D eigenvalue weighted by Gasteiger charge is 2.38. The number of rotatable bonds is 2. The third kappa shape index (κ3) is 2.92. The maximum atomic E-state index is 13.4. The number of halogens is 1. The molecule has 0 aliphatic carbocycles. The maximum Gasteiger partial charge on any atom is 0.270 e. The summed E-state index contributed by atoms with van der Waals surface area (Å²) in [6.45, 7) is 3.68. The average molecular weight is 347 g/mol. The quantitative estimate of drug-likeness (QED) is 0.875.